The third-order valence-corrected chi connectivity index (χ3v) is 7.35. The first-order valence-electron chi connectivity index (χ1n) is 21.7. The number of rotatable bonds is 4. The van der Waals surface area contributed by atoms with Gasteiger partial charge in [-0.15, -0.1) is 0 Å². The van der Waals surface area contributed by atoms with Gasteiger partial charge in [-0.3, -0.25) is 0 Å². The molecule has 0 radical (unpaired) electrons. The normalized spacial score (nSPS) is 16.5. The van der Waals surface area contributed by atoms with Gasteiger partial charge in [-0.2, -0.15) is 0 Å². The molecule has 0 atom stereocenters. The Bertz CT molecular complexity index is 3430. The van der Waals surface area contributed by atoms with E-state index in [2.05, 4.69) is 9.97 Å². The highest BCUT2D eigenvalue weighted by atomic mass is 16.3. The molecule has 0 saturated carbocycles. The molecule has 4 nitrogen and oxygen atoms in total. The number of para-hydroxylation sites is 1. The minimum absolute atomic E-state index is 0.00411. The van der Waals surface area contributed by atoms with Crippen LogP contribution < -0.4 is 0 Å². The van der Waals surface area contributed by atoms with Gasteiger partial charge in [-0.05, 0) is 62.9 Å². The molecule has 0 aliphatic heterocycles. The van der Waals surface area contributed by atoms with Crippen molar-refractivity contribution in [2.45, 2.75) is 0 Å². The monoisotopic (exact) mass is 591 g/mol. The molecule has 0 aliphatic rings. The standard InChI is InChI=1S/C41H25N3O/c1-2-9-26(10-3-1)29-18-19-31-25-33(22-20-30(31)23-29)40-42-39(32-21-17-27-11-4-5-12-28(27)24-32)43-41(44-40)35-14-8-16-37-38(35)34-13-6-7-15-36(34)45-37/h1-25H/i1D,2D,3D,4D,5D,6D,9D,10D,11D,12D,14D,15D,16D,17D,21D,24D. The number of benzene rings is 7. The molecule has 0 amide bonds. The van der Waals surface area contributed by atoms with E-state index in [1.807, 2.05) is 0 Å². The molecule has 45 heavy (non-hydrogen) atoms. The summed E-state index contributed by atoms with van der Waals surface area (Å²) in [5, 5.41) is 0.911. The summed E-state index contributed by atoms with van der Waals surface area (Å²) < 4.78 is 142. The molecule has 9 rings (SSSR count). The molecule has 9 aromatic rings. The van der Waals surface area contributed by atoms with Crippen molar-refractivity contribution in [2.75, 3.05) is 0 Å². The van der Waals surface area contributed by atoms with Crippen LogP contribution in [0.1, 0.15) is 21.9 Å². The number of aromatic nitrogens is 3. The Balaban J connectivity index is 1.34. The lowest BCUT2D eigenvalue weighted by atomic mass is 10.00. The molecule has 0 N–H and O–H groups in total. The van der Waals surface area contributed by atoms with E-state index >= 15 is 0 Å². The van der Waals surface area contributed by atoms with Gasteiger partial charge < -0.3 is 4.42 Å². The number of hydrogen-bond acceptors (Lipinski definition) is 4. The zero-order chi connectivity index (χ0) is 43.7. The summed E-state index contributed by atoms with van der Waals surface area (Å²) in [7, 11) is 0. The van der Waals surface area contributed by atoms with Crippen LogP contribution in [0.4, 0.5) is 0 Å². The fraction of sp³-hybridized carbons (Fsp3) is 0. The summed E-state index contributed by atoms with van der Waals surface area (Å²) >= 11 is 0. The van der Waals surface area contributed by atoms with E-state index in [0.29, 0.717) is 21.9 Å². The second-order valence-corrected chi connectivity index (χ2v) is 10.0. The highest BCUT2D eigenvalue weighted by molar-refractivity contribution is 6.11. The van der Waals surface area contributed by atoms with Gasteiger partial charge >= 0.3 is 0 Å². The van der Waals surface area contributed by atoms with E-state index in [1.54, 1.807) is 36.4 Å². The van der Waals surface area contributed by atoms with Crippen LogP contribution in [0.5, 0.6) is 0 Å². The number of furan rings is 1. The molecular weight excluding hydrogens is 550 g/mol. The third-order valence-electron chi connectivity index (χ3n) is 7.35. The summed E-state index contributed by atoms with van der Waals surface area (Å²) in [4.78, 5) is 14.1. The molecule has 210 valence electrons. The molecule has 0 fully saturated rings. The first-order chi connectivity index (χ1) is 28.9. The van der Waals surface area contributed by atoms with E-state index in [9.17, 15) is 1.37 Å². The largest absolute Gasteiger partial charge is 0.456 e. The van der Waals surface area contributed by atoms with Crippen LogP contribution in [-0.4, -0.2) is 15.0 Å². The summed E-state index contributed by atoms with van der Waals surface area (Å²) in [6.07, 6.45) is 0. The Morgan fingerprint density at radius 1 is 0.467 bits per heavy atom. The first kappa shape index (κ1) is 14.1. The predicted octanol–water partition coefficient (Wildman–Crippen LogP) is 10.7. The number of fused-ring (bicyclic) bond motifs is 5. The maximum Gasteiger partial charge on any atom is 0.164 e. The van der Waals surface area contributed by atoms with Crippen LogP contribution in [0.25, 0.3) is 88.8 Å². The molecule has 0 saturated heterocycles. The zero-order valence-corrected chi connectivity index (χ0v) is 22.9. The molecule has 7 aromatic carbocycles. The quantitative estimate of drug-likeness (QED) is 0.204. The van der Waals surface area contributed by atoms with Crippen LogP contribution in [-0.2, 0) is 0 Å². The maximum atomic E-state index is 9.24. The second kappa shape index (κ2) is 10.2. The van der Waals surface area contributed by atoms with E-state index in [1.165, 1.54) is 18.2 Å². The van der Waals surface area contributed by atoms with Crippen LogP contribution in [0.3, 0.4) is 0 Å². The van der Waals surface area contributed by atoms with Gasteiger partial charge in [-0.1, -0.05) is 121 Å². The summed E-state index contributed by atoms with van der Waals surface area (Å²) in [5.41, 5.74) is 0.388. The van der Waals surface area contributed by atoms with E-state index < -0.39 is 60.4 Å². The van der Waals surface area contributed by atoms with Crippen LogP contribution in [0, 0.1) is 0 Å². The Morgan fingerprint density at radius 2 is 1.18 bits per heavy atom. The minimum atomic E-state index is -0.650. The van der Waals surface area contributed by atoms with Crippen molar-refractivity contribution in [2.24, 2.45) is 0 Å². The molecule has 4 heteroatoms. The highest BCUT2D eigenvalue weighted by Crippen LogP contribution is 2.37. The molecule has 0 aliphatic carbocycles. The lowest BCUT2D eigenvalue weighted by Gasteiger charge is -2.11. The van der Waals surface area contributed by atoms with Crippen molar-refractivity contribution in [3.05, 3.63) is 151 Å². The van der Waals surface area contributed by atoms with Gasteiger partial charge in [0.1, 0.15) is 11.2 Å². The van der Waals surface area contributed by atoms with E-state index in [-0.39, 0.29) is 103 Å². The van der Waals surface area contributed by atoms with Crippen LogP contribution in [0.2, 0.25) is 0 Å². The Hall–Kier alpha value is -6.13. The van der Waals surface area contributed by atoms with E-state index in [0.717, 1.165) is 0 Å². The fourth-order valence-corrected chi connectivity index (χ4v) is 5.25. The Labute approximate surface area is 281 Å². The van der Waals surface area contributed by atoms with Crippen molar-refractivity contribution in [1.82, 2.24) is 15.0 Å². The number of hydrogen-bond donors (Lipinski definition) is 0. The van der Waals surface area contributed by atoms with Gasteiger partial charge in [0.2, 0.25) is 0 Å². The smallest absolute Gasteiger partial charge is 0.164 e. The molecule has 0 spiro atoms. The average molecular weight is 592 g/mol. The summed E-state index contributed by atoms with van der Waals surface area (Å²) in [6.45, 7) is 0. The first-order valence-corrected chi connectivity index (χ1v) is 13.7. The molecule has 0 bridgehead atoms. The Morgan fingerprint density at radius 3 is 2.04 bits per heavy atom. The van der Waals surface area contributed by atoms with Crippen LogP contribution >= 0.6 is 0 Å². The lowest BCUT2D eigenvalue weighted by Crippen LogP contribution is -2.00. The van der Waals surface area contributed by atoms with Crippen molar-refractivity contribution in [3.8, 4) is 45.3 Å². The molecule has 0 unspecified atom stereocenters. The van der Waals surface area contributed by atoms with Gasteiger partial charge in [0.25, 0.3) is 0 Å². The highest BCUT2D eigenvalue weighted by Gasteiger charge is 2.18. The van der Waals surface area contributed by atoms with Crippen molar-refractivity contribution >= 4 is 43.5 Å². The lowest BCUT2D eigenvalue weighted by molar-refractivity contribution is 0.669. The average Bonchev–Trinajstić information content (AvgIpc) is 3.61. The second-order valence-electron chi connectivity index (χ2n) is 10.0. The maximum absolute atomic E-state index is 9.24. The number of nitrogens with zero attached hydrogens (tertiary/aromatic N) is 3. The van der Waals surface area contributed by atoms with Gasteiger partial charge in [0, 0.05) is 27.5 Å². The van der Waals surface area contributed by atoms with Crippen LogP contribution in [0.15, 0.2) is 156 Å². The Kier molecular flexibility index (Phi) is 3.21. The molecule has 2 aromatic heterocycles. The zero-order valence-electron chi connectivity index (χ0n) is 38.9. The van der Waals surface area contributed by atoms with Gasteiger partial charge in [0.15, 0.2) is 17.5 Å². The van der Waals surface area contributed by atoms with Crippen molar-refractivity contribution in [1.29, 1.82) is 0 Å². The van der Waals surface area contributed by atoms with Gasteiger partial charge in [0.05, 0.1) is 21.9 Å². The fourth-order valence-electron chi connectivity index (χ4n) is 5.25. The predicted molar refractivity (Wildman–Crippen MR) is 184 cm³/mol. The molecule has 2 heterocycles. The van der Waals surface area contributed by atoms with E-state index in [4.69, 9.17) is 30.0 Å². The van der Waals surface area contributed by atoms with Gasteiger partial charge in [-0.25, -0.2) is 15.0 Å². The topological polar surface area (TPSA) is 51.8 Å². The molecular formula is C41H25N3O. The SMILES string of the molecule is [2H]c1cc([2H])c2oc3c([2H])cc([2H])c(-c4nc(-c5ccc6cc(-c7c([2H])c([2H])c([2H])c([2H])c7[2H])ccc6c5)nc(-c5c([2H])c([2H])c6c([2H])c([2H])c([2H])c([2H])c6c5[2H])n4)c3c2c1. The minimum Gasteiger partial charge on any atom is -0.456 e. The third kappa shape index (κ3) is 4.43. The van der Waals surface area contributed by atoms with Crippen molar-refractivity contribution < 1.29 is 26.3 Å². The summed E-state index contributed by atoms with van der Waals surface area (Å²) in [6, 6.07) is 6.74. The summed E-state index contributed by atoms with van der Waals surface area (Å²) in [5.74, 6) is -0.626. The van der Waals surface area contributed by atoms with Crippen molar-refractivity contribution in [3.63, 3.8) is 0 Å².